The van der Waals surface area contributed by atoms with Crippen LogP contribution in [-0.2, 0) is 4.79 Å². The number of aromatic nitrogens is 2. The zero-order chi connectivity index (χ0) is 19.9. The molecule has 0 aliphatic carbocycles. The van der Waals surface area contributed by atoms with Gasteiger partial charge >= 0.3 is 0 Å². The summed E-state index contributed by atoms with van der Waals surface area (Å²) in [6.45, 7) is 3.33. The summed E-state index contributed by atoms with van der Waals surface area (Å²) >= 11 is 0. The Morgan fingerprint density at radius 1 is 1.18 bits per heavy atom. The molecule has 2 aromatic carbocycles. The lowest BCUT2D eigenvalue weighted by Crippen LogP contribution is -2.30. The summed E-state index contributed by atoms with van der Waals surface area (Å²) in [5.74, 6) is 1.63. The third-order valence-corrected chi connectivity index (χ3v) is 4.22. The molecule has 1 unspecified atom stereocenters. The number of rotatable bonds is 9. The second-order valence-electron chi connectivity index (χ2n) is 6.85. The highest BCUT2D eigenvalue weighted by molar-refractivity contribution is 6.01. The van der Waals surface area contributed by atoms with E-state index in [9.17, 15) is 4.79 Å². The molecule has 0 bridgehead atoms. The van der Waals surface area contributed by atoms with Crippen LogP contribution < -0.4 is 14.8 Å². The Bertz CT molecular complexity index is 908. The summed E-state index contributed by atoms with van der Waals surface area (Å²) in [5.41, 5.74) is 0.803. The molecule has 0 radical (unpaired) electrons. The fourth-order valence-electron chi connectivity index (χ4n) is 2.73. The average molecular weight is 382 g/mol. The van der Waals surface area contributed by atoms with Crippen molar-refractivity contribution in [1.29, 1.82) is 0 Å². The largest absolute Gasteiger partial charge is 0.493 e. The van der Waals surface area contributed by atoms with Gasteiger partial charge in [0.2, 0.25) is 0 Å². The van der Waals surface area contributed by atoms with Crippen molar-refractivity contribution in [2.75, 3.05) is 32.6 Å². The van der Waals surface area contributed by atoms with E-state index in [0.717, 1.165) is 29.6 Å². The van der Waals surface area contributed by atoms with Gasteiger partial charge in [-0.3, -0.25) is 9.89 Å². The van der Waals surface area contributed by atoms with Gasteiger partial charge in [0.05, 0.1) is 12.1 Å². The van der Waals surface area contributed by atoms with E-state index >= 15 is 0 Å². The second-order valence-corrected chi connectivity index (χ2v) is 6.85. The number of amides is 1. The molecule has 28 heavy (non-hydrogen) atoms. The average Bonchev–Trinajstić information content (AvgIpc) is 3.08. The van der Waals surface area contributed by atoms with E-state index in [1.54, 1.807) is 6.92 Å². The quantitative estimate of drug-likeness (QED) is 0.555. The predicted octanol–water partition coefficient (Wildman–Crippen LogP) is 3.30. The number of nitrogens with one attached hydrogen (secondary N) is 2. The Morgan fingerprint density at radius 3 is 2.71 bits per heavy atom. The Hall–Kier alpha value is -3.06. The molecular formula is C21H26N4O3. The smallest absolute Gasteiger partial charge is 0.266 e. The number of aromatic amines is 1. The van der Waals surface area contributed by atoms with Crippen molar-refractivity contribution >= 4 is 22.6 Å². The summed E-state index contributed by atoms with van der Waals surface area (Å²) < 4.78 is 11.4. The van der Waals surface area contributed by atoms with Crippen LogP contribution in [0.3, 0.4) is 0 Å². The van der Waals surface area contributed by atoms with Crippen molar-refractivity contribution in [1.82, 2.24) is 15.1 Å². The van der Waals surface area contributed by atoms with E-state index in [4.69, 9.17) is 9.47 Å². The lowest BCUT2D eigenvalue weighted by molar-refractivity contribution is -0.122. The molecule has 0 fully saturated rings. The number of hydrogen-bond acceptors (Lipinski definition) is 5. The molecule has 7 nitrogen and oxygen atoms in total. The SMILES string of the molecule is CC(Oc1ccccc1)C(=O)Nc1n[nH]c2cc(OCCCN(C)C)ccc12. The number of H-pyrrole nitrogens is 1. The molecule has 0 spiro atoms. The molecule has 7 heteroatoms. The Balaban J connectivity index is 1.59. The summed E-state index contributed by atoms with van der Waals surface area (Å²) in [6.07, 6.45) is 0.308. The lowest BCUT2D eigenvalue weighted by atomic mass is 10.2. The number of benzene rings is 2. The fraction of sp³-hybridized carbons (Fsp3) is 0.333. The highest BCUT2D eigenvalue weighted by Gasteiger charge is 2.17. The number of hydrogen-bond donors (Lipinski definition) is 2. The number of anilines is 1. The van der Waals surface area contributed by atoms with E-state index in [1.807, 2.05) is 62.6 Å². The van der Waals surface area contributed by atoms with Crippen molar-refractivity contribution in [2.45, 2.75) is 19.4 Å². The van der Waals surface area contributed by atoms with Gasteiger partial charge in [0.1, 0.15) is 11.5 Å². The van der Waals surface area contributed by atoms with Crippen LogP contribution in [0, 0.1) is 0 Å². The van der Waals surface area contributed by atoms with Gasteiger partial charge in [-0.25, -0.2) is 0 Å². The molecule has 0 saturated carbocycles. The molecule has 148 valence electrons. The first kappa shape index (κ1) is 19.7. The minimum atomic E-state index is -0.645. The maximum absolute atomic E-state index is 12.4. The number of carbonyl (C=O) groups is 1. The highest BCUT2D eigenvalue weighted by atomic mass is 16.5. The molecule has 3 aromatic rings. The Morgan fingerprint density at radius 2 is 1.96 bits per heavy atom. The van der Waals surface area contributed by atoms with Crippen LogP contribution in [0.1, 0.15) is 13.3 Å². The summed E-state index contributed by atoms with van der Waals surface area (Å²) in [7, 11) is 4.08. The van der Waals surface area contributed by atoms with Crippen molar-refractivity contribution in [3.8, 4) is 11.5 Å². The number of carbonyl (C=O) groups excluding carboxylic acids is 1. The molecule has 1 aromatic heterocycles. The Kier molecular flexibility index (Phi) is 6.49. The number of nitrogens with zero attached hydrogens (tertiary/aromatic N) is 2. The van der Waals surface area contributed by atoms with E-state index < -0.39 is 6.10 Å². The molecule has 0 aliphatic heterocycles. The number of para-hydroxylation sites is 1. The van der Waals surface area contributed by atoms with Crippen LogP contribution in [0.15, 0.2) is 48.5 Å². The zero-order valence-electron chi connectivity index (χ0n) is 16.4. The van der Waals surface area contributed by atoms with Crippen molar-refractivity contribution < 1.29 is 14.3 Å². The van der Waals surface area contributed by atoms with Crippen LogP contribution in [-0.4, -0.2) is 54.4 Å². The van der Waals surface area contributed by atoms with E-state index in [2.05, 4.69) is 20.4 Å². The minimum Gasteiger partial charge on any atom is -0.493 e. The monoisotopic (exact) mass is 382 g/mol. The third kappa shape index (κ3) is 5.23. The van der Waals surface area contributed by atoms with Gasteiger partial charge in [0, 0.05) is 18.0 Å². The molecule has 1 atom stereocenters. The van der Waals surface area contributed by atoms with Gasteiger partial charge in [-0.2, -0.15) is 5.10 Å². The topological polar surface area (TPSA) is 79.5 Å². The van der Waals surface area contributed by atoms with Crippen molar-refractivity contribution in [3.63, 3.8) is 0 Å². The first-order chi connectivity index (χ1) is 13.5. The summed E-state index contributed by atoms with van der Waals surface area (Å²) in [4.78, 5) is 14.6. The van der Waals surface area contributed by atoms with E-state index in [0.29, 0.717) is 18.2 Å². The maximum atomic E-state index is 12.4. The molecule has 1 heterocycles. The van der Waals surface area contributed by atoms with Crippen molar-refractivity contribution in [2.24, 2.45) is 0 Å². The summed E-state index contributed by atoms with van der Waals surface area (Å²) in [5, 5.41) is 10.8. The number of ether oxygens (including phenoxy) is 2. The molecular weight excluding hydrogens is 356 g/mol. The van der Waals surface area contributed by atoms with Gasteiger partial charge in [-0.05, 0) is 51.7 Å². The molecule has 1 amide bonds. The van der Waals surface area contributed by atoms with Gasteiger partial charge in [0.25, 0.3) is 5.91 Å². The highest BCUT2D eigenvalue weighted by Crippen LogP contribution is 2.25. The van der Waals surface area contributed by atoms with Crippen LogP contribution in [0.4, 0.5) is 5.82 Å². The third-order valence-electron chi connectivity index (χ3n) is 4.22. The van der Waals surface area contributed by atoms with Gasteiger partial charge < -0.3 is 19.7 Å². The Labute approximate surface area is 164 Å². The van der Waals surface area contributed by atoms with Gasteiger partial charge in [-0.1, -0.05) is 18.2 Å². The summed E-state index contributed by atoms with van der Waals surface area (Å²) in [6, 6.07) is 14.9. The van der Waals surface area contributed by atoms with Crippen LogP contribution >= 0.6 is 0 Å². The number of fused-ring (bicyclic) bond motifs is 1. The lowest BCUT2D eigenvalue weighted by Gasteiger charge is -2.13. The fourth-order valence-corrected chi connectivity index (χ4v) is 2.73. The van der Waals surface area contributed by atoms with Gasteiger partial charge in [0.15, 0.2) is 11.9 Å². The zero-order valence-corrected chi connectivity index (χ0v) is 16.4. The van der Waals surface area contributed by atoms with Crippen molar-refractivity contribution in [3.05, 3.63) is 48.5 Å². The first-order valence-electron chi connectivity index (χ1n) is 9.31. The van der Waals surface area contributed by atoms with Crippen LogP contribution in [0.5, 0.6) is 11.5 Å². The van der Waals surface area contributed by atoms with Crippen LogP contribution in [0.25, 0.3) is 10.9 Å². The first-order valence-corrected chi connectivity index (χ1v) is 9.31. The normalized spacial score (nSPS) is 12.1. The molecule has 0 aliphatic rings. The molecule has 2 N–H and O–H groups in total. The minimum absolute atomic E-state index is 0.263. The van der Waals surface area contributed by atoms with Crippen LogP contribution in [0.2, 0.25) is 0 Å². The standard InChI is InChI=1S/C21H26N4O3/c1-15(28-16-8-5-4-6-9-16)21(26)22-20-18-11-10-17(14-19(18)23-24-20)27-13-7-12-25(2)3/h4-6,8-11,14-15H,7,12-13H2,1-3H3,(H2,22,23,24,26). The van der Waals surface area contributed by atoms with Gasteiger partial charge in [-0.15, -0.1) is 0 Å². The van der Waals surface area contributed by atoms with E-state index in [-0.39, 0.29) is 5.91 Å². The predicted molar refractivity (Wildman–Crippen MR) is 110 cm³/mol. The molecule has 0 saturated heterocycles. The maximum Gasteiger partial charge on any atom is 0.266 e. The molecule has 3 rings (SSSR count). The second kappa shape index (κ2) is 9.23. The van der Waals surface area contributed by atoms with E-state index in [1.165, 1.54) is 0 Å².